The molecule has 1 heterocycles. The van der Waals surface area contributed by atoms with Crippen molar-refractivity contribution in [1.29, 1.82) is 0 Å². The highest BCUT2D eigenvalue weighted by atomic mass is 32.2. The third kappa shape index (κ3) is 4.98. The molecule has 2 rings (SSSR count). The standard InChI is InChI=1S/C18H27N3O3S/c1-5-6-9-25(23,24)21-14-7-8-16-15(10-14)13(4)17(20-16)18(22)19-11-12(2)3/h7-8,10,12,20-21H,5-6,9,11H2,1-4H3,(H,19,22). The van der Waals surface area contributed by atoms with E-state index in [4.69, 9.17) is 0 Å². The zero-order valence-corrected chi connectivity index (χ0v) is 16.1. The first-order chi connectivity index (χ1) is 11.7. The summed E-state index contributed by atoms with van der Waals surface area (Å²) in [4.78, 5) is 15.4. The molecule has 0 aliphatic heterocycles. The number of aryl methyl sites for hydroxylation is 1. The minimum absolute atomic E-state index is 0.108. The molecule has 0 fully saturated rings. The van der Waals surface area contributed by atoms with Gasteiger partial charge in [0, 0.05) is 23.1 Å². The van der Waals surface area contributed by atoms with Crippen molar-refractivity contribution in [2.45, 2.75) is 40.5 Å². The lowest BCUT2D eigenvalue weighted by atomic mass is 10.1. The predicted molar refractivity (Wildman–Crippen MR) is 103 cm³/mol. The van der Waals surface area contributed by atoms with E-state index in [-0.39, 0.29) is 11.7 Å². The predicted octanol–water partition coefficient (Wildman–Crippen LogP) is 3.40. The average Bonchev–Trinajstić information content (AvgIpc) is 2.87. The molecule has 0 saturated carbocycles. The van der Waals surface area contributed by atoms with Crippen molar-refractivity contribution in [3.63, 3.8) is 0 Å². The Hall–Kier alpha value is -2.02. The van der Waals surface area contributed by atoms with Crippen LogP contribution in [0.3, 0.4) is 0 Å². The van der Waals surface area contributed by atoms with Gasteiger partial charge in [-0.05, 0) is 43.0 Å². The maximum atomic E-state index is 12.3. The second kappa shape index (κ2) is 7.91. The van der Waals surface area contributed by atoms with Gasteiger partial charge < -0.3 is 10.3 Å². The van der Waals surface area contributed by atoms with E-state index in [0.717, 1.165) is 22.9 Å². The van der Waals surface area contributed by atoms with Gasteiger partial charge in [-0.3, -0.25) is 9.52 Å². The molecule has 0 saturated heterocycles. The number of nitrogens with one attached hydrogen (secondary N) is 3. The zero-order chi connectivity index (χ0) is 18.6. The van der Waals surface area contributed by atoms with Gasteiger partial charge in [-0.2, -0.15) is 0 Å². The van der Waals surface area contributed by atoms with Crippen molar-refractivity contribution in [2.24, 2.45) is 5.92 Å². The third-order valence-corrected chi connectivity index (χ3v) is 5.37. The average molecular weight is 365 g/mol. The summed E-state index contributed by atoms with van der Waals surface area (Å²) < 4.78 is 26.7. The van der Waals surface area contributed by atoms with Gasteiger partial charge >= 0.3 is 0 Å². The van der Waals surface area contributed by atoms with Crippen molar-refractivity contribution in [3.05, 3.63) is 29.5 Å². The van der Waals surface area contributed by atoms with Crippen LogP contribution in [0.5, 0.6) is 0 Å². The number of hydrogen-bond donors (Lipinski definition) is 3. The summed E-state index contributed by atoms with van der Waals surface area (Å²) in [5.41, 5.74) is 2.65. The van der Waals surface area contributed by atoms with E-state index in [1.807, 2.05) is 27.7 Å². The Morgan fingerprint density at radius 3 is 2.64 bits per heavy atom. The summed E-state index contributed by atoms with van der Waals surface area (Å²) in [7, 11) is -3.35. The van der Waals surface area contributed by atoms with Gasteiger partial charge in [0.25, 0.3) is 5.91 Å². The Kier molecular flexibility index (Phi) is 6.11. The fraction of sp³-hybridized carbons (Fsp3) is 0.500. The first-order valence-corrected chi connectivity index (χ1v) is 10.3. The van der Waals surface area contributed by atoms with E-state index in [9.17, 15) is 13.2 Å². The summed E-state index contributed by atoms with van der Waals surface area (Å²) in [6.07, 6.45) is 1.45. The van der Waals surface area contributed by atoms with E-state index in [0.29, 0.717) is 30.3 Å². The fourth-order valence-corrected chi connectivity index (χ4v) is 3.82. The number of benzene rings is 1. The molecule has 138 valence electrons. The van der Waals surface area contributed by atoms with E-state index < -0.39 is 10.0 Å². The quantitative estimate of drug-likeness (QED) is 0.669. The van der Waals surface area contributed by atoms with E-state index in [1.54, 1.807) is 18.2 Å². The summed E-state index contributed by atoms with van der Waals surface area (Å²) >= 11 is 0. The molecule has 0 atom stereocenters. The molecule has 2 aromatic rings. The molecule has 1 aromatic carbocycles. The van der Waals surface area contributed by atoms with E-state index in [2.05, 4.69) is 15.0 Å². The Balaban J connectivity index is 2.25. The molecular formula is C18H27N3O3S. The normalized spacial score (nSPS) is 11.9. The Morgan fingerprint density at radius 2 is 2.00 bits per heavy atom. The SMILES string of the molecule is CCCCS(=O)(=O)Nc1ccc2[nH]c(C(=O)NCC(C)C)c(C)c2c1. The second-order valence-electron chi connectivity index (χ2n) is 6.76. The summed E-state index contributed by atoms with van der Waals surface area (Å²) in [5, 5.41) is 3.73. The molecule has 0 bridgehead atoms. The maximum Gasteiger partial charge on any atom is 0.268 e. The molecule has 1 amide bonds. The number of unbranched alkanes of at least 4 members (excludes halogenated alkanes) is 1. The van der Waals surface area contributed by atoms with Gasteiger partial charge in [-0.25, -0.2) is 8.42 Å². The summed E-state index contributed by atoms with van der Waals surface area (Å²) in [6.45, 7) is 8.50. The molecule has 0 spiro atoms. The van der Waals surface area contributed by atoms with Crippen LogP contribution in [0, 0.1) is 12.8 Å². The lowest BCUT2D eigenvalue weighted by molar-refractivity contribution is 0.0944. The number of aromatic nitrogens is 1. The molecule has 0 aliphatic rings. The van der Waals surface area contributed by atoms with Crippen LogP contribution in [0.1, 0.15) is 49.7 Å². The first-order valence-electron chi connectivity index (χ1n) is 8.64. The number of aromatic amines is 1. The number of rotatable bonds is 8. The van der Waals surface area contributed by atoms with Crippen molar-refractivity contribution < 1.29 is 13.2 Å². The lowest BCUT2D eigenvalue weighted by Crippen LogP contribution is -2.28. The molecule has 1 aromatic heterocycles. The molecule has 6 nitrogen and oxygen atoms in total. The molecule has 25 heavy (non-hydrogen) atoms. The number of fused-ring (bicyclic) bond motifs is 1. The molecule has 0 unspecified atom stereocenters. The van der Waals surface area contributed by atoms with Crippen molar-refractivity contribution in [1.82, 2.24) is 10.3 Å². The van der Waals surface area contributed by atoms with Crippen molar-refractivity contribution in [3.8, 4) is 0 Å². The Bertz CT molecular complexity index is 854. The van der Waals surface area contributed by atoms with Crippen molar-refractivity contribution >= 4 is 32.5 Å². The van der Waals surface area contributed by atoms with Crippen LogP contribution in [0.4, 0.5) is 5.69 Å². The number of H-pyrrole nitrogens is 1. The second-order valence-corrected chi connectivity index (χ2v) is 8.61. The molecule has 0 aliphatic carbocycles. The smallest absolute Gasteiger partial charge is 0.268 e. The summed E-state index contributed by atoms with van der Waals surface area (Å²) in [6, 6.07) is 5.26. The fourth-order valence-electron chi connectivity index (χ4n) is 2.57. The number of carbonyl (C=O) groups excluding carboxylic acids is 1. The van der Waals surface area contributed by atoms with E-state index in [1.165, 1.54) is 0 Å². The number of hydrogen-bond acceptors (Lipinski definition) is 3. The Labute approximate surface area is 149 Å². The highest BCUT2D eigenvalue weighted by molar-refractivity contribution is 7.92. The summed E-state index contributed by atoms with van der Waals surface area (Å²) in [5.74, 6) is 0.335. The number of amides is 1. The topological polar surface area (TPSA) is 91.1 Å². The van der Waals surface area contributed by atoms with Crippen LogP contribution in [-0.2, 0) is 10.0 Å². The molecule has 0 radical (unpaired) electrons. The zero-order valence-electron chi connectivity index (χ0n) is 15.3. The van der Waals surface area contributed by atoms with Gasteiger partial charge in [-0.15, -0.1) is 0 Å². The van der Waals surface area contributed by atoms with Gasteiger partial charge in [0.05, 0.1) is 5.75 Å². The van der Waals surface area contributed by atoms with Crippen LogP contribution < -0.4 is 10.0 Å². The molecule has 3 N–H and O–H groups in total. The number of sulfonamides is 1. The van der Waals surface area contributed by atoms with Gasteiger partial charge in [0.2, 0.25) is 10.0 Å². The molecule has 7 heteroatoms. The van der Waals surface area contributed by atoms with Crippen LogP contribution in [0.2, 0.25) is 0 Å². The van der Waals surface area contributed by atoms with Gasteiger partial charge in [-0.1, -0.05) is 27.2 Å². The van der Waals surface area contributed by atoms with Gasteiger partial charge in [0.15, 0.2) is 0 Å². The van der Waals surface area contributed by atoms with Gasteiger partial charge in [0.1, 0.15) is 5.69 Å². The van der Waals surface area contributed by atoms with Crippen molar-refractivity contribution in [2.75, 3.05) is 17.0 Å². The first kappa shape index (κ1) is 19.3. The lowest BCUT2D eigenvalue weighted by Gasteiger charge is -2.08. The highest BCUT2D eigenvalue weighted by Crippen LogP contribution is 2.25. The van der Waals surface area contributed by atoms with Crippen LogP contribution in [0.25, 0.3) is 10.9 Å². The van der Waals surface area contributed by atoms with Crippen LogP contribution in [0.15, 0.2) is 18.2 Å². The minimum Gasteiger partial charge on any atom is -0.351 e. The highest BCUT2D eigenvalue weighted by Gasteiger charge is 2.16. The minimum atomic E-state index is -3.35. The Morgan fingerprint density at radius 1 is 1.28 bits per heavy atom. The van der Waals surface area contributed by atoms with E-state index >= 15 is 0 Å². The van der Waals surface area contributed by atoms with Crippen LogP contribution in [-0.4, -0.2) is 31.6 Å². The maximum absolute atomic E-state index is 12.3. The van der Waals surface area contributed by atoms with Crippen LogP contribution >= 0.6 is 0 Å². The number of anilines is 1. The monoisotopic (exact) mass is 365 g/mol. The largest absolute Gasteiger partial charge is 0.351 e. The molecular weight excluding hydrogens is 338 g/mol. The third-order valence-electron chi connectivity index (χ3n) is 4.00. The number of carbonyl (C=O) groups is 1.